The van der Waals surface area contributed by atoms with Crippen LogP contribution in [0.4, 0.5) is 4.39 Å². The molecule has 1 aliphatic rings. The van der Waals surface area contributed by atoms with Gasteiger partial charge in [0.05, 0.1) is 6.54 Å². The van der Waals surface area contributed by atoms with Gasteiger partial charge in [0.15, 0.2) is 5.82 Å². The van der Waals surface area contributed by atoms with Gasteiger partial charge in [-0.25, -0.2) is 4.39 Å². The average molecular weight is 331 g/mol. The van der Waals surface area contributed by atoms with Crippen molar-refractivity contribution in [2.45, 2.75) is 38.4 Å². The summed E-state index contributed by atoms with van der Waals surface area (Å²) < 4.78 is 15.6. The fraction of sp³-hybridized carbons (Fsp3) is 0.471. The minimum absolute atomic E-state index is 0.182. The summed E-state index contributed by atoms with van der Waals surface area (Å²) in [6.45, 7) is 1.22. The molecule has 0 radical (unpaired) electrons. The van der Waals surface area contributed by atoms with Crippen LogP contribution in [0.3, 0.4) is 0 Å². The van der Waals surface area contributed by atoms with E-state index >= 15 is 0 Å². The van der Waals surface area contributed by atoms with Gasteiger partial charge in [-0.15, -0.1) is 10.2 Å². The highest BCUT2D eigenvalue weighted by molar-refractivity contribution is 5.83. The molecule has 0 spiro atoms. The largest absolute Gasteiger partial charge is 0.347 e. The number of aryl methyl sites for hydroxylation is 1. The molecule has 128 valence electrons. The van der Waals surface area contributed by atoms with Crippen LogP contribution in [-0.2, 0) is 24.3 Å². The molecule has 2 aromatic rings. The summed E-state index contributed by atoms with van der Waals surface area (Å²) in [5, 5.41) is 11.3. The fourth-order valence-corrected chi connectivity index (χ4v) is 3.12. The third-order valence-electron chi connectivity index (χ3n) is 4.29. The molecule has 1 atom stereocenters. The smallest absolute Gasteiger partial charge is 0.242 e. The van der Waals surface area contributed by atoms with E-state index in [-0.39, 0.29) is 11.7 Å². The Morgan fingerprint density at radius 1 is 1.38 bits per heavy atom. The molecule has 7 heteroatoms. The third-order valence-corrected chi connectivity index (χ3v) is 4.29. The van der Waals surface area contributed by atoms with Gasteiger partial charge in [-0.1, -0.05) is 12.1 Å². The first-order valence-electron chi connectivity index (χ1n) is 8.17. The number of carbonyl (C=O) groups is 1. The first-order chi connectivity index (χ1) is 11.6. The normalized spacial score (nSPS) is 15.2. The number of nitrogens with zero attached hydrogens (tertiary/aromatic N) is 4. The second kappa shape index (κ2) is 7.09. The average Bonchev–Trinajstić information content (AvgIpc) is 2.96. The Bertz CT molecular complexity index is 728. The number of aromatic nitrogens is 3. The van der Waals surface area contributed by atoms with Gasteiger partial charge in [-0.2, -0.15) is 0 Å². The molecule has 0 saturated carbocycles. The Morgan fingerprint density at radius 3 is 2.96 bits per heavy atom. The van der Waals surface area contributed by atoms with Crippen molar-refractivity contribution in [1.82, 2.24) is 25.0 Å². The molecule has 1 aromatic carbocycles. The van der Waals surface area contributed by atoms with Crippen molar-refractivity contribution in [1.29, 1.82) is 0 Å². The maximum absolute atomic E-state index is 13.5. The first-order valence-corrected chi connectivity index (χ1v) is 8.17. The summed E-state index contributed by atoms with van der Waals surface area (Å²) in [6, 6.07) is 5.58. The number of fused-ring (bicyclic) bond motifs is 1. The van der Waals surface area contributed by atoms with Crippen molar-refractivity contribution in [3.8, 4) is 0 Å². The van der Waals surface area contributed by atoms with Crippen LogP contribution in [-0.4, -0.2) is 39.7 Å². The molecule has 1 aliphatic heterocycles. The zero-order valence-electron chi connectivity index (χ0n) is 14.0. The number of hydrogen-bond acceptors (Lipinski definition) is 4. The van der Waals surface area contributed by atoms with E-state index in [0.717, 1.165) is 37.5 Å². The first kappa shape index (κ1) is 16.6. The second-order valence-electron chi connectivity index (χ2n) is 6.28. The van der Waals surface area contributed by atoms with E-state index in [1.165, 1.54) is 12.1 Å². The molecule has 6 nitrogen and oxygen atoms in total. The number of amides is 1. The third kappa shape index (κ3) is 3.46. The van der Waals surface area contributed by atoms with Gasteiger partial charge in [-0.05, 0) is 44.6 Å². The van der Waals surface area contributed by atoms with E-state index in [0.29, 0.717) is 12.1 Å². The quantitative estimate of drug-likeness (QED) is 0.905. The van der Waals surface area contributed by atoms with E-state index in [1.54, 1.807) is 31.1 Å². The van der Waals surface area contributed by atoms with Crippen LogP contribution in [0.25, 0.3) is 0 Å². The van der Waals surface area contributed by atoms with Crippen molar-refractivity contribution in [2.24, 2.45) is 0 Å². The zero-order chi connectivity index (χ0) is 17.1. The Morgan fingerprint density at radius 2 is 2.21 bits per heavy atom. The number of hydrogen-bond donors (Lipinski definition) is 1. The van der Waals surface area contributed by atoms with E-state index in [2.05, 4.69) is 20.1 Å². The summed E-state index contributed by atoms with van der Waals surface area (Å²) in [4.78, 5) is 14.4. The Kier molecular flexibility index (Phi) is 4.89. The van der Waals surface area contributed by atoms with Gasteiger partial charge in [0.1, 0.15) is 17.7 Å². The second-order valence-corrected chi connectivity index (χ2v) is 6.28. The molecule has 0 unspecified atom stereocenters. The number of carbonyl (C=O) groups excluding carboxylic acids is 1. The predicted molar refractivity (Wildman–Crippen MR) is 87.6 cm³/mol. The lowest BCUT2D eigenvalue weighted by Crippen LogP contribution is -2.37. The molecule has 3 rings (SSSR count). The van der Waals surface area contributed by atoms with Crippen LogP contribution < -0.4 is 5.32 Å². The van der Waals surface area contributed by atoms with Crippen LogP contribution >= 0.6 is 0 Å². The maximum atomic E-state index is 13.5. The summed E-state index contributed by atoms with van der Waals surface area (Å²) in [7, 11) is 3.60. The molecule has 24 heavy (non-hydrogen) atoms. The van der Waals surface area contributed by atoms with E-state index in [4.69, 9.17) is 0 Å². The molecule has 0 saturated heterocycles. The van der Waals surface area contributed by atoms with Crippen molar-refractivity contribution in [3.05, 3.63) is 47.3 Å². The van der Waals surface area contributed by atoms with Gasteiger partial charge in [0.2, 0.25) is 5.91 Å². The van der Waals surface area contributed by atoms with E-state index < -0.39 is 6.04 Å². The van der Waals surface area contributed by atoms with Gasteiger partial charge < -0.3 is 9.88 Å². The van der Waals surface area contributed by atoms with Crippen LogP contribution in [0.5, 0.6) is 0 Å². The molecule has 0 aliphatic carbocycles. The fourth-order valence-electron chi connectivity index (χ4n) is 3.12. The molecule has 1 N–H and O–H groups in total. The minimum atomic E-state index is -0.551. The Labute approximate surface area is 140 Å². The minimum Gasteiger partial charge on any atom is -0.347 e. The SMILES string of the molecule is CN(C)[C@H](C(=O)NCc1nnc2n1CCCC2)c1cccc(F)c1. The number of benzene rings is 1. The lowest BCUT2D eigenvalue weighted by molar-refractivity contribution is -0.126. The Hall–Kier alpha value is -2.28. The lowest BCUT2D eigenvalue weighted by Gasteiger charge is -2.24. The monoisotopic (exact) mass is 331 g/mol. The van der Waals surface area contributed by atoms with Crippen molar-refractivity contribution in [2.75, 3.05) is 14.1 Å². The maximum Gasteiger partial charge on any atom is 0.242 e. The van der Waals surface area contributed by atoms with Crippen LogP contribution in [0.2, 0.25) is 0 Å². The van der Waals surface area contributed by atoms with Gasteiger partial charge in [-0.3, -0.25) is 9.69 Å². The number of rotatable bonds is 5. The van der Waals surface area contributed by atoms with Gasteiger partial charge in [0, 0.05) is 13.0 Å². The van der Waals surface area contributed by atoms with E-state index in [9.17, 15) is 9.18 Å². The summed E-state index contributed by atoms with van der Waals surface area (Å²) >= 11 is 0. The topological polar surface area (TPSA) is 63.1 Å². The summed E-state index contributed by atoms with van der Waals surface area (Å²) in [6.07, 6.45) is 3.17. The van der Waals surface area contributed by atoms with Crippen LogP contribution in [0, 0.1) is 5.82 Å². The highest BCUT2D eigenvalue weighted by atomic mass is 19.1. The number of halogens is 1. The van der Waals surface area contributed by atoms with Crippen molar-refractivity contribution in [3.63, 3.8) is 0 Å². The molecule has 0 fully saturated rings. The van der Waals surface area contributed by atoms with Crippen molar-refractivity contribution < 1.29 is 9.18 Å². The number of likely N-dealkylation sites (N-methyl/N-ethyl adjacent to an activating group) is 1. The van der Waals surface area contributed by atoms with Gasteiger partial charge in [0.25, 0.3) is 0 Å². The molecule has 1 aromatic heterocycles. The zero-order valence-corrected chi connectivity index (χ0v) is 14.0. The van der Waals surface area contributed by atoms with Crippen molar-refractivity contribution >= 4 is 5.91 Å². The predicted octanol–water partition coefficient (Wildman–Crippen LogP) is 1.67. The molecule has 1 amide bonds. The highest BCUT2D eigenvalue weighted by Gasteiger charge is 2.24. The summed E-state index contributed by atoms with van der Waals surface area (Å²) in [5.41, 5.74) is 0.626. The van der Waals surface area contributed by atoms with Crippen LogP contribution in [0.1, 0.15) is 36.1 Å². The molecule has 0 bridgehead atoms. The highest BCUT2D eigenvalue weighted by Crippen LogP contribution is 2.20. The molecule has 2 heterocycles. The summed E-state index contributed by atoms with van der Waals surface area (Å²) in [5.74, 6) is 1.23. The van der Waals surface area contributed by atoms with Crippen LogP contribution in [0.15, 0.2) is 24.3 Å². The van der Waals surface area contributed by atoms with Gasteiger partial charge >= 0.3 is 0 Å². The lowest BCUT2D eigenvalue weighted by atomic mass is 10.1. The standard InChI is InChI=1S/C17H22FN5O/c1-22(2)16(12-6-5-7-13(18)10-12)17(24)19-11-15-21-20-14-8-3-4-9-23(14)15/h5-7,10,16H,3-4,8-9,11H2,1-2H3,(H,19,24)/t16-/m0/s1. The Balaban J connectivity index is 1.71. The molecular formula is C17H22FN5O. The molecular weight excluding hydrogens is 309 g/mol. The number of nitrogens with one attached hydrogen (secondary N) is 1. The van der Waals surface area contributed by atoms with E-state index in [1.807, 2.05) is 0 Å².